The molecule has 0 radical (unpaired) electrons. The first-order valence-corrected chi connectivity index (χ1v) is 4.09. The zero-order valence-electron chi connectivity index (χ0n) is 6.80. The summed E-state index contributed by atoms with van der Waals surface area (Å²) in [6, 6.07) is 0. The number of carboxylic acids is 1. The van der Waals surface area contributed by atoms with E-state index in [1.807, 2.05) is 5.92 Å². The maximum atomic E-state index is 9.99. The van der Waals surface area contributed by atoms with Crippen LogP contribution in [0.1, 0.15) is 32.1 Å². The van der Waals surface area contributed by atoms with Gasteiger partial charge in [-0.05, 0) is 31.6 Å². The summed E-state index contributed by atoms with van der Waals surface area (Å²) >= 11 is 0. The van der Waals surface area contributed by atoms with Gasteiger partial charge in [0.25, 0.3) is 0 Å². The van der Waals surface area contributed by atoms with Crippen molar-refractivity contribution in [1.29, 1.82) is 0 Å². The zero-order valence-corrected chi connectivity index (χ0v) is 6.80. The molecular formula is C9H11O3-. The van der Waals surface area contributed by atoms with E-state index in [4.69, 9.17) is 0 Å². The maximum Gasteiger partial charge on any atom is 0.125 e. The van der Waals surface area contributed by atoms with Crippen LogP contribution < -0.4 is 5.11 Å². The Morgan fingerprint density at radius 3 is 2.42 bits per heavy atom. The van der Waals surface area contributed by atoms with Crippen LogP contribution in [0.25, 0.3) is 0 Å². The Morgan fingerprint density at radius 1 is 1.33 bits per heavy atom. The normalized spacial score (nSPS) is 20.8. The highest BCUT2D eigenvalue weighted by molar-refractivity contribution is 5.84. The van der Waals surface area contributed by atoms with Gasteiger partial charge in [-0.3, -0.25) is 0 Å². The second-order valence-corrected chi connectivity index (χ2v) is 3.13. The van der Waals surface area contributed by atoms with Gasteiger partial charge in [0.05, 0.1) is 0 Å². The molecule has 0 saturated heterocycles. The van der Waals surface area contributed by atoms with E-state index in [-0.39, 0.29) is 0 Å². The summed E-state index contributed by atoms with van der Waals surface area (Å²) < 4.78 is 0. The molecule has 3 heteroatoms. The second-order valence-electron chi connectivity index (χ2n) is 3.13. The van der Waals surface area contributed by atoms with Gasteiger partial charge < -0.3 is 15.0 Å². The van der Waals surface area contributed by atoms with E-state index in [2.05, 4.69) is 5.92 Å². The Morgan fingerprint density at radius 2 is 1.92 bits per heavy atom. The van der Waals surface area contributed by atoms with Crippen molar-refractivity contribution in [2.24, 2.45) is 0 Å². The SMILES string of the molecule is O=C([O-])C#CC1(O)CCCCC1. The summed E-state index contributed by atoms with van der Waals surface area (Å²) in [6.07, 6.45) is 4.08. The van der Waals surface area contributed by atoms with Crippen LogP contribution in [0.4, 0.5) is 0 Å². The molecule has 1 fully saturated rings. The molecule has 0 aromatic rings. The molecule has 0 aliphatic heterocycles. The number of carbonyl (C=O) groups is 1. The molecule has 12 heavy (non-hydrogen) atoms. The summed E-state index contributed by atoms with van der Waals surface area (Å²) in [5.41, 5.74) is -1.07. The summed E-state index contributed by atoms with van der Waals surface area (Å²) in [4.78, 5) is 9.99. The number of aliphatic hydroxyl groups is 1. The largest absolute Gasteiger partial charge is 0.537 e. The standard InChI is InChI=1S/C9H12O3/c10-8(11)4-7-9(12)5-2-1-3-6-9/h12H,1-3,5-6H2,(H,10,11)/p-1. The van der Waals surface area contributed by atoms with Crippen molar-refractivity contribution >= 4 is 5.97 Å². The minimum Gasteiger partial charge on any atom is -0.537 e. The minimum absolute atomic E-state index is 0.577. The molecule has 0 unspecified atom stereocenters. The molecule has 0 aromatic heterocycles. The Bertz CT molecular complexity index is 228. The molecule has 1 saturated carbocycles. The summed E-state index contributed by atoms with van der Waals surface area (Å²) in [6.45, 7) is 0. The van der Waals surface area contributed by atoms with Crippen molar-refractivity contribution in [3.05, 3.63) is 0 Å². The van der Waals surface area contributed by atoms with Crippen LogP contribution in [0.2, 0.25) is 0 Å². The van der Waals surface area contributed by atoms with E-state index >= 15 is 0 Å². The van der Waals surface area contributed by atoms with Crippen molar-refractivity contribution in [1.82, 2.24) is 0 Å². The lowest BCUT2D eigenvalue weighted by atomic mass is 9.85. The average molecular weight is 167 g/mol. The predicted molar refractivity (Wildman–Crippen MR) is 40.8 cm³/mol. The molecule has 1 aliphatic rings. The Kier molecular flexibility index (Phi) is 2.72. The van der Waals surface area contributed by atoms with Gasteiger partial charge in [-0.1, -0.05) is 12.3 Å². The molecule has 0 heterocycles. The van der Waals surface area contributed by atoms with Crippen LogP contribution in [0, 0.1) is 11.8 Å². The van der Waals surface area contributed by atoms with E-state index in [0.717, 1.165) is 19.3 Å². The lowest BCUT2D eigenvalue weighted by Crippen LogP contribution is -2.30. The number of carbonyl (C=O) groups excluding carboxylic acids is 1. The number of rotatable bonds is 0. The number of aliphatic carboxylic acids is 1. The van der Waals surface area contributed by atoms with Crippen LogP contribution in [0.3, 0.4) is 0 Å². The zero-order chi connectivity index (χ0) is 9.03. The Labute approximate surface area is 71.4 Å². The highest BCUT2D eigenvalue weighted by Gasteiger charge is 2.26. The predicted octanol–water partition coefficient (Wildman–Crippen LogP) is -0.565. The Balaban J connectivity index is 2.59. The molecule has 0 spiro atoms. The topological polar surface area (TPSA) is 60.4 Å². The molecular weight excluding hydrogens is 156 g/mol. The van der Waals surface area contributed by atoms with Gasteiger partial charge in [-0.15, -0.1) is 0 Å². The number of carboxylic acid groups (broad SMARTS) is 1. The minimum atomic E-state index is -1.42. The van der Waals surface area contributed by atoms with Crippen LogP contribution >= 0.6 is 0 Å². The van der Waals surface area contributed by atoms with E-state index in [1.54, 1.807) is 0 Å². The molecule has 0 bridgehead atoms. The van der Waals surface area contributed by atoms with E-state index in [9.17, 15) is 15.0 Å². The number of hydrogen-bond acceptors (Lipinski definition) is 3. The van der Waals surface area contributed by atoms with Gasteiger partial charge in [-0.25, -0.2) is 0 Å². The fourth-order valence-electron chi connectivity index (χ4n) is 1.43. The fraction of sp³-hybridized carbons (Fsp3) is 0.667. The number of hydrogen-bond donors (Lipinski definition) is 1. The molecule has 0 atom stereocenters. The van der Waals surface area contributed by atoms with E-state index < -0.39 is 11.6 Å². The van der Waals surface area contributed by atoms with Crippen LogP contribution in [0.15, 0.2) is 0 Å². The molecule has 1 rings (SSSR count). The first-order chi connectivity index (χ1) is 5.62. The van der Waals surface area contributed by atoms with Gasteiger partial charge >= 0.3 is 0 Å². The third-order valence-electron chi connectivity index (χ3n) is 2.08. The van der Waals surface area contributed by atoms with Gasteiger partial charge in [0.1, 0.15) is 11.6 Å². The lowest BCUT2D eigenvalue weighted by molar-refractivity contribution is -0.296. The first-order valence-electron chi connectivity index (χ1n) is 4.09. The van der Waals surface area contributed by atoms with Gasteiger partial charge in [0.2, 0.25) is 0 Å². The van der Waals surface area contributed by atoms with Crippen LogP contribution in [0.5, 0.6) is 0 Å². The molecule has 0 amide bonds. The molecule has 66 valence electrons. The highest BCUT2D eigenvalue weighted by atomic mass is 16.4. The van der Waals surface area contributed by atoms with Gasteiger partial charge in [0.15, 0.2) is 0 Å². The van der Waals surface area contributed by atoms with E-state index in [1.165, 1.54) is 0 Å². The fourth-order valence-corrected chi connectivity index (χ4v) is 1.43. The van der Waals surface area contributed by atoms with Gasteiger partial charge in [0, 0.05) is 0 Å². The summed E-state index contributed by atoms with van der Waals surface area (Å²) in [5.74, 6) is 2.78. The van der Waals surface area contributed by atoms with Crippen molar-refractivity contribution in [3.63, 3.8) is 0 Å². The first kappa shape index (κ1) is 9.08. The molecule has 0 aromatic carbocycles. The van der Waals surface area contributed by atoms with Crippen LogP contribution in [-0.2, 0) is 4.79 Å². The quantitative estimate of drug-likeness (QED) is 0.492. The Hall–Kier alpha value is -1.01. The smallest absolute Gasteiger partial charge is 0.125 e. The third-order valence-corrected chi connectivity index (χ3v) is 2.08. The van der Waals surface area contributed by atoms with Crippen molar-refractivity contribution < 1.29 is 15.0 Å². The van der Waals surface area contributed by atoms with Crippen molar-refractivity contribution in [2.75, 3.05) is 0 Å². The van der Waals surface area contributed by atoms with Crippen molar-refractivity contribution in [3.8, 4) is 11.8 Å². The summed E-state index contributed by atoms with van der Waals surface area (Å²) in [7, 11) is 0. The monoisotopic (exact) mass is 167 g/mol. The highest BCUT2D eigenvalue weighted by Crippen LogP contribution is 2.26. The summed E-state index contributed by atoms with van der Waals surface area (Å²) in [5, 5.41) is 19.6. The van der Waals surface area contributed by atoms with E-state index in [0.29, 0.717) is 12.8 Å². The molecule has 1 aliphatic carbocycles. The lowest BCUT2D eigenvalue weighted by Gasteiger charge is -2.26. The molecule has 3 nitrogen and oxygen atoms in total. The second kappa shape index (κ2) is 3.59. The van der Waals surface area contributed by atoms with Crippen molar-refractivity contribution in [2.45, 2.75) is 37.7 Å². The molecule has 1 N–H and O–H groups in total. The average Bonchev–Trinajstić information content (AvgIpc) is 2.03. The maximum absolute atomic E-state index is 9.99. The third kappa shape index (κ3) is 2.55. The van der Waals surface area contributed by atoms with Crippen LogP contribution in [-0.4, -0.2) is 16.7 Å². The van der Waals surface area contributed by atoms with Gasteiger partial charge in [-0.2, -0.15) is 0 Å².